The van der Waals surface area contributed by atoms with Crippen molar-refractivity contribution < 1.29 is 9.47 Å². The maximum absolute atomic E-state index is 6.00. The summed E-state index contributed by atoms with van der Waals surface area (Å²) in [6, 6.07) is 17.2. The molecule has 1 atom stereocenters. The molecule has 4 rings (SSSR count). The lowest BCUT2D eigenvalue weighted by atomic mass is 9.98. The van der Waals surface area contributed by atoms with Crippen LogP contribution in [0.3, 0.4) is 0 Å². The van der Waals surface area contributed by atoms with E-state index in [1.807, 2.05) is 0 Å². The van der Waals surface area contributed by atoms with Gasteiger partial charge in [0.1, 0.15) is 0 Å². The van der Waals surface area contributed by atoms with Gasteiger partial charge in [-0.2, -0.15) is 0 Å². The standard InChI is InChI=1S/C18H19NO2/c1-3-7-15-13(5-1)14-6-2-4-8-16(14)17(15)12-21-18-11-19-9-10-20-18/h1-8,17-19H,9-12H2. The lowest BCUT2D eigenvalue weighted by Crippen LogP contribution is -2.40. The number of nitrogens with one attached hydrogen (secondary N) is 1. The normalized spacial score (nSPS) is 21.0. The van der Waals surface area contributed by atoms with Gasteiger partial charge in [-0.3, -0.25) is 0 Å². The molecular weight excluding hydrogens is 262 g/mol. The van der Waals surface area contributed by atoms with Gasteiger partial charge in [0.15, 0.2) is 6.29 Å². The van der Waals surface area contributed by atoms with E-state index in [0.717, 1.165) is 19.7 Å². The Hall–Kier alpha value is -1.68. The third-order valence-corrected chi connectivity index (χ3v) is 4.30. The first kappa shape index (κ1) is 13.0. The lowest BCUT2D eigenvalue weighted by Gasteiger charge is -2.25. The third kappa shape index (κ3) is 2.38. The van der Waals surface area contributed by atoms with Crippen molar-refractivity contribution in [3.63, 3.8) is 0 Å². The second kappa shape index (κ2) is 5.60. The average molecular weight is 281 g/mol. The highest BCUT2D eigenvalue weighted by Gasteiger charge is 2.29. The maximum atomic E-state index is 6.00. The van der Waals surface area contributed by atoms with Gasteiger partial charge < -0.3 is 14.8 Å². The van der Waals surface area contributed by atoms with Gasteiger partial charge in [-0.05, 0) is 22.3 Å². The van der Waals surface area contributed by atoms with Gasteiger partial charge in [-0.25, -0.2) is 0 Å². The molecule has 1 heterocycles. The van der Waals surface area contributed by atoms with Gasteiger partial charge in [0.2, 0.25) is 0 Å². The van der Waals surface area contributed by atoms with Crippen molar-refractivity contribution in [2.45, 2.75) is 12.2 Å². The number of hydrogen-bond donors (Lipinski definition) is 1. The van der Waals surface area contributed by atoms with Crippen LogP contribution < -0.4 is 5.32 Å². The van der Waals surface area contributed by atoms with Crippen LogP contribution >= 0.6 is 0 Å². The number of fused-ring (bicyclic) bond motifs is 3. The number of ether oxygens (including phenoxy) is 2. The Morgan fingerprint density at radius 1 is 1.00 bits per heavy atom. The summed E-state index contributed by atoms with van der Waals surface area (Å²) in [4.78, 5) is 0. The minimum Gasteiger partial charge on any atom is -0.350 e. The van der Waals surface area contributed by atoms with Crippen molar-refractivity contribution in [2.24, 2.45) is 0 Å². The molecule has 108 valence electrons. The second-order valence-corrected chi connectivity index (χ2v) is 5.56. The van der Waals surface area contributed by atoms with Crippen LogP contribution in [-0.4, -0.2) is 32.6 Å². The van der Waals surface area contributed by atoms with E-state index in [9.17, 15) is 0 Å². The summed E-state index contributed by atoms with van der Waals surface area (Å²) in [7, 11) is 0. The zero-order valence-electron chi connectivity index (χ0n) is 11.9. The second-order valence-electron chi connectivity index (χ2n) is 5.56. The Balaban J connectivity index is 1.59. The highest BCUT2D eigenvalue weighted by atomic mass is 16.7. The number of hydrogen-bond acceptors (Lipinski definition) is 3. The summed E-state index contributed by atoms with van der Waals surface area (Å²) in [5.74, 6) is 0.308. The molecule has 3 nitrogen and oxygen atoms in total. The van der Waals surface area contributed by atoms with Crippen LogP contribution in [0.15, 0.2) is 48.5 Å². The largest absolute Gasteiger partial charge is 0.350 e. The molecule has 3 heteroatoms. The molecule has 2 aliphatic rings. The van der Waals surface area contributed by atoms with Gasteiger partial charge in [-0.15, -0.1) is 0 Å². The topological polar surface area (TPSA) is 30.5 Å². The summed E-state index contributed by atoms with van der Waals surface area (Å²) in [5, 5.41) is 3.30. The van der Waals surface area contributed by atoms with E-state index in [1.165, 1.54) is 22.3 Å². The summed E-state index contributed by atoms with van der Waals surface area (Å²) in [6.07, 6.45) is -0.126. The fraction of sp³-hybridized carbons (Fsp3) is 0.333. The van der Waals surface area contributed by atoms with Crippen LogP contribution in [0.2, 0.25) is 0 Å². The first-order valence-electron chi connectivity index (χ1n) is 7.55. The van der Waals surface area contributed by atoms with Crippen molar-refractivity contribution in [1.29, 1.82) is 0 Å². The molecule has 2 aromatic carbocycles. The van der Waals surface area contributed by atoms with E-state index >= 15 is 0 Å². The quantitative estimate of drug-likeness (QED) is 0.938. The maximum Gasteiger partial charge on any atom is 0.169 e. The van der Waals surface area contributed by atoms with Crippen molar-refractivity contribution in [2.75, 3.05) is 26.3 Å². The van der Waals surface area contributed by atoms with E-state index in [4.69, 9.17) is 9.47 Å². The fourth-order valence-corrected chi connectivity index (χ4v) is 3.29. The van der Waals surface area contributed by atoms with Crippen molar-refractivity contribution in [3.8, 4) is 11.1 Å². The molecule has 2 aromatic rings. The van der Waals surface area contributed by atoms with Gasteiger partial charge in [-0.1, -0.05) is 48.5 Å². The molecule has 1 fully saturated rings. The smallest absolute Gasteiger partial charge is 0.169 e. The molecule has 1 unspecified atom stereocenters. The Morgan fingerprint density at radius 2 is 1.67 bits per heavy atom. The van der Waals surface area contributed by atoms with Crippen LogP contribution in [0.4, 0.5) is 0 Å². The molecule has 0 bridgehead atoms. The molecule has 21 heavy (non-hydrogen) atoms. The van der Waals surface area contributed by atoms with Gasteiger partial charge >= 0.3 is 0 Å². The van der Waals surface area contributed by atoms with E-state index in [-0.39, 0.29) is 6.29 Å². The number of morpholine rings is 1. The number of rotatable bonds is 3. The first-order valence-corrected chi connectivity index (χ1v) is 7.55. The van der Waals surface area contributed by atoms with Gasteiger partial charge in [0, 0.05) is 19.0 Å². The van der Waals surface area contributed by atoms with E-state index < -0.39 is 0 Å². The van der Waals surface area contributed by atoms with Gasteiger partial charge in [0.05, 0.1) is 13.2 Å². The summed E-state index contributed by atoms with van der Waals surface area (Å²) >= 11 is 0. The highest BCUT2D eigenvalue weighted by molar-refractivity contribution is 5.78. The lowest BCUT2D eigenvalue weighted by molar-refractivity contribution is -0.154. The molecule has 0 saturated carbocycles. The Bertz CT molecular complexity index is 589. The van der Waals surface area contributed by atoms with Crippen LogP contribution in [0.5, 0.6) is 0 Å². The Kier molecular flexibility index (Phi) is 3.47. The van der Waals surface area contributed by atoms with Crippen LogP contribution in [0.25, 0.3) is 11.1 Å². The highest BCUT2D eigenvalue weighted by Crippen LogP contribution is 2.44. The summed E-state index contributed by atoms with van der Waals surface area (Å²) in [6.45, 7) is 3.08. The molecule has 0 spiro atoms. The molecule has 0 amide bonds. The average Bonchev–Trinajstić information content (AvgIpc) is 2.88. The monoisotopic (exact) mass is 281 g/mol. The van der Waals surface area contributed by atoms with E-state index in [1.54, 1.807) is 0 Å². The first-order chi connectivity index (χ1) is 10.4. The van der Waals surface area contributed by atoms with Crippen molar-refractivity contribution in [3.05, 3.63) is 59.7 Å². The van der Waals surface area contributed by atoms with Gasteiger partial charge in [0.25, 0.3) is 0 Å². The number of benzene rings is 2. The molecule has 1 aliphatic heterocycles. The SMILES string of the molecule is c1ccc2c(c1)-c1ccccc1C2COC1CNCCO1. The van der Waals surface area contributed by atoms with Crippen LogP contribution in [0, 0.1) is 0 Å². The van der Waals surface area contributed by atoms with Crippen molar-refractivity contribution in [1.82, 2.24) is 5.32 Å². The van der Waals surface area contributed by atoms with E-state index in [0.29, 0.717) is 12.5 Å². The minimum atomic E-state index is -0.126. The molecule has 1 N–H and O–H groups in total. The van der Waals surface area contributed by atoms with Crippen LogP contribution in [0.1, 0.15) is 17.0 Å². The third-order valence-electron chi connectivity index (χ3n) is 4.30. The van der Waals surface area contributed by atoms with Crippen molar-refractivity contribution >= 4 is 0 Å². The van der Waals surface area contributed by atoms with Crippen LogP contribution in [-0.2, 0) is 9.47 Å². The Labute approximate surface area is 124 Å². The molecular formula is C18H19NO2. The minimum absolute atomic E-state index is 0.126. The fourth-order valence-electron chi connectivity index (χ4n) is 3.29. The summed E-state index contributed by atoms with van der Waals surface area (Å²) < 4.78 is 11.6. The Morgan fingerprint density at radius 3 is 2.29 bits per heavy atom. The summed E-state index contributed by atoms with van der Waals surface area (Å²) in [5.41, 5.74) is 5.40. The van der Waals surface area contributed by atoms with E-state index in [2.05, 4.69) is 53.8 Å². The molecule has 1 aliphatic carbocycles. The predicted octanol–water partition coefficient (Wildman–Crippen LogP) is 2.76. The molecule has 1 saturated heterocycles. The molecule has 0 radical (unpaired) electrons. The predicted molar refractivity (Wildman–Crippen MR) is 82.3 cm³/mol. The molecule has 0 aromatic heterocycles. The zero-order chi connectivity index (χ0) is 14.1. The zero-order valence-corrected chi connectivity index (χ0v) is 11.9.